The lowest BCUT2D eigenvalue weighted by Gasteiger charge is -2.01. The molecule has 0 aromatic carbocycles. The fourth-order valence-corrected chi connectivity index (χ4v) is 1.28. The Bertz CT molecular complexity index is 275. The Morgan fingerprint density at radius 1 is 0.909 bits per heavy atom. The summed E-state index contributed by atoms with van der Waals surface area (Å²) in [5.74, 6) is -0.359. The third-order valence-electron chi connectivity index (χ3n) is 0.973. The Balaban J connectivity index is 3.46. The Hall–Kier alpha value is 0.110. The monoisotopic (exact) mass is 231 g/mol. The summed E-state index contributed by atoms with van der Waals surface area (Å²) in [6.07, 6.45) is 0. The van der Waals surface area contributed by atoms with Crippen molar-refractivity contribution in [2.45, 2.75) is 0 Å². The van der Waals surface area contributed by atoms with Crippen LogP contribution in [0.5, 0.6) is 5.75 Å². The van der Waals surface area contributed by atoms with E-state index < -0.39 is 0 Å². The number of hydrogen-bond donors (Lipinski definition) is 1. The molecule has 1 heterocycles. The van der Waals surface area contributed by atoms with Crippen molar-refractivity contribution >= 4 is 46.4 Å². The minimum Gasteiger partial charge on any atom is -0.504 e. The van der Waals surface area contributed by atoms with E-state index in [-0.39, 0.29) is 26.1 Å². The highest BCUT2D eigenvalue weighted by molar-refractivity contribution is 6.49. The van der Waals surface area contributed by atoms with Crippen molar-refractivity contribution in [2.75, 3.05) is 0 Å². The number of rotatable bonds is 0. The van der Waals surface area contributed by atoms with Gasteiger partial charge in [-0.2, -0.15) is 0 Å². The molecule has 0 aliphatic heterocycles. The van der Waals surface area contributed by atoms with Gasteiger partial charge in [-0.05, 0) is 0 Å². The van der Waals surface area contributed by atoms with Crippen LogP contribution in [0.25, 0.3) is 0 Å². The van der Waals surface area contributed by atoms with Gasteiger partial charge in [-0.3, -0.25) is 0 Å². The largest absolute Gasteiger partial charge is 0.504 e. The Morgan fingerprint density at radius 3 is 2.00 bits per heavy atom. The number of halogens is 4. The van der Waals surface area contributed by atoms with Crippen molar-refractivity contribution in [2.24, 2.45) is 0 Å². The van der Waals surface area contributed by atoms with Gasteiger partial charge in [0.2, 0.25) is 0 Å². The minimum atomic E-state index is -0.359. The second kappa shape index (κ2) is 3.23. The van der Waals surface area contributed by atoms with Crippen LogP contribution in [0, 0.1) is 0 Å². The molecule has 0 saturated heterocycles. The van der Waals surface area contributed by atoms with E-state index in [4.69, 9.17) is 51.5 Å². The first-order valence-corrected chi connectivity index (χ1v) is 3.94. The topological polar surface area (TPSA) is 33.1 Å². The molecule has 1 rings (SSSR count). The summed E-state index contributed by atoms with van der Waals surface area (Å²) < 4.78 is 0. The van der Waals surface area contributed by atoms with Crippen LogP contribution in [0.15, 0.2) is 0 Å². The molecule has 1 N–H and O–H groups in total. The Morgan fingerprint density at radius 2 is 1.45 bits per heavy atom. The average molecular weight is 233 g/mol. The zero-order valence-electron chi connectivity index (χ0n) is 4.91. The first-order valence-electron chi connectivity index (χ1n) is 2.43. The molecule has 0 spiro atoms. The molecular formula is C5HCl4NO. The molecule has 0 radical (unpaired) electrons. The first-order chi connectivity index (χ1) is 5.04. The van der Waals surface area contributed by atoms with Crippen molar-refractivity contribution in [1.29, 1.82) is 0 Å². The van der Waals surface area contributed by atoms with Crippen LogP contribution >= 0.6 is 46.4 Å². The summed E-state index contributed by atoms with van der Waals surface area (Å²) >= 11 is 21.9. The fourth-order valence-electron chi connectivity index (χ4n) is 0.473. The number of aromatic nitrogens is 1. The van der Waals surface area contributed by atoms with E-state index in [1.165, 1.54) is 0 Å². The third kappa shape index (κ3) is 1.64. The van der Waals surface area contributed by atoms with E-state index >= 15 is 0 Å². The van der Waals surface area contributed by atoms with Crippen LogP contribution in [-0.4, -0.2) is 10.1 Å². The SMILES string of the molecule is Oc1c(Cl)nc(Cl)c(Cl)c1Cl. The van der Waals surface area contributed by atoms with Crippen LogP contribution in [-0.2, 0) is 0 Å². The predicted octanol–water partition coefficient (Wildman–Crippen LogP) is 3.40. The van der Waals surface area contributed by atoms with E-state index in [0.29, 0.717) is 0 Å². The Kier molecular flexibility index (Phi) is 2.70. The summed E-state index contributed by atoms with van der Waals surface area (Å²) in [5, 5.41) is 8.76. The van der Waals surface area contributed by atoms with Crippen LogP contribution < -0.4 is 0 Å². The minimum absolute atomic E-state index is 0.00441. The third-order valence-corrected chi connectivity index (χ3v) is 2.44. The second-order valence-electron chi connectivity index (χ2n) is 1.67. The lowest BCUT2D eigenvalue weighted by Crippen LogP contribution is -1.81. The molecule has 2 nitrogen and oxygen atoms in total. The van der Waals surface area contributed by atoms with Gasteiger partial charge in [0.05, 0.1) is 0 Å². The quantitative estimate of drug-likeness (QED) is 0.696. The van der Waals surface area contributed by atoms with Crippen LogP contribution in [0.1, 0.15) is 0 Å². The summed E-state index contributed by atoms with van der Waals surface area (Å²) in [4.78, 5) is 3.50. The Labute approximate surface area is 82.7 Å². The summed E-state index contributed by atoms with van der Waals surface area (Å²) in [6.45, 7) is 0. The molecule has 6 heteroatoms. The van der Waals surface area contributed by atoms with E-state index in [2.05, 4.69) is 4.98 Å². The van der Waals surface area contributed by atoms with E-state index in [9.17, 15) is 0 Å². The van der Waals surface area contributed by atoms with Gasteiger partial charge in [-0.25, -0.2) is 4.98 Å². The molecule has 0 atom stereocenters. The second-order valence-corrected chi connectivity index (χ2v) is 3.14. The van der Waals surface area contributed by atoms with Gasteiger partial charge in [0.1, 0.15) is 10.0 Å². The summed E-state index contributed by atoms with van der Waals surface area (Å²) in [5.41, 5.74) is 0. The maximum absolute atomic E-state index is 9.04. The molecule has 11 heavy (non-hydrogen) atoms. The van der Waals surface area contributed by atoms with Gasteiger partial charge < -0.3 is 5.11 Å². The van der Waals surface area contributed by atoms with Crippen molar-refractivity contribution in [1.82, 2.24) is 4.98 Å². The van der Waals surface area contributed by atoms with E-state index in [1.807, 2.05) is 0 Å². The number of aromatic hydroxyl groups is 1. The molecule has 0 bridgehead atoms. The van der Waals surface area contributed by atoms with Gasteiger partial charge >= 0.3 is 0 Å². The zero-order chi connectivity index (χ0) is 8.59. The van der Waals surface area contributed by atoms with Crippen molar-refractivity contribution in [3.8, 4) is 5.75 Å². The highest BCUT2D eigenvalue weighted by Gasteiger charge is 2.13. The molecule has 0 aliphatic carbocycles. The lowest BCUT2D eigenvalue weighted by molar-refractivity contribution is 0.473. The predicted molar refractivity (Wildman–Crippen MR) is 45.9 cm³/mol. The summed E-state index contributed by atoms with van der Waals surface area (Å²) in [6, 6.07) is 0. The van der Waals surface area contributed by atoms with E-state index in [0.717, 1.165) is 0 Å². The number of hydrogen-bond acceptors (Lipinski definition) is 2. The molecule has 0 fully saturated rings. The molecule has 0 unspecified atom stereocenters. The first kappa shape index (κ1) is 9.20. The summed E-state index contributed by atoms with van der Waals surface area (Å²) in [7, 11) is 0. The standard InChI is InChI=1S/C5HCl4NO/c6-1-2(7)4(8)10-5(9)3(1)11/h11H. The van der Waals surface area contributed by atoms with Gasteiger partial charge in [0, 0.05) is 0 Å². The molecule has 0 saturated carbocycles. The van der Waals surface area contributed by atoms with Gasteiger partial charge in [-0.15, -0.1) is 0 Å². The highest BCUT2D eigenvalue weighted by atomic mass is 35.5. The maximum Gasteiger partial charge on any atom is 0.174 e. The highest BCUT2D eigenvalue weighted by Crippen LogP contribution is 2.39. The molecular weight excluding hydrogens is 232 g/mol. The van der Waals surface area contributed by atoms with Gasteiger partial charge in [0.25, 0.3) is 0 Å². The zero-order valence-corrected chi connectivity index (χ0v) is 7.93. The van der Waals surface area contributed by atoms with Crippen LogP contribution in [0.4, 0.5) is 0 Å². The van der Waals surface area contributed by atoms with Gasteiger partial charge in [0.15, 0.2) is 16.1 Å². The van der Waals surface area contributed by atoms with Crippen molar-refractivity contribution in [3.05, 3.63) is 20.4 Å². The smallest absolute Gasteiger partial charge is 0.174 e. The van der Waals surface area contributed by atoms with Crippen molar-refractivity contribution in [3.63, 3.8) is 0 Å². The van der Waals surface area contributed by atoms with Crippen LogP contribution in [0.2, 0.25) is 20.4 Å². The van der Waals surface area contributed by atoms with Crippen LogP contribution in [0.3, 0.4) is 0 Å². The van der Waals surface area contributed by atoms with Gasteiger partial charge in [-0.1, -0.05) is 46.4 Å². The fraction of sp³-hybridized carbons (Fsp3) is 0. The van der Waals surface area contributed by atoms with E-state index in [1.54, 1.807) is 0 Å². The molecule has 0 amide bonds. The number of pyridine rings is 1. The lowest BCUT2D eigenvalue weighted by atomic mass is 10.4. The molecule has 0 aliphatic rings. The normalized spacial score (nSPS) is 10.2. The molecule has 1 aromatic heterocycles. The van der Waals surface area contributed by atoms with Crippen molar-refractivity contribution < 1.29 is 5.11 Å². The average Bonchev–Trinajstić information content (AvgIpc) is 1.97. The maximum atomic E-state index is 9.04. The molecule has 1 aromatic rings. The number of nitrogens with zero attached hydrogens (tertiary/aromatic N) is 1. The molecule has 60 valence electrons.